The molecule has 0 saturated carbocycles. The van der Waals surface area contributed by atoms with Crippen molar-refractivity contribution in [1.29, 1.82) is 0 Å². The Kier molecular flexibility index (Phi) is 7.46. The third kappa shape index (κ3) is 5.98. The Bertz CT molecular complexity index is 1330. The lowest BCUT2D eigenvalue weighted by molar-refractivity contribution is 0.0614. The van der Waals surface area contributed by atoms with Crippen molar-refractivity contribution in [3.8, 4) is 22.9 Å². The van der Waals surface area contributed by atoms with E-state index in [1.54, 1.807) is 25.3 Å². The van der Waals surface area contributed by atoms with Crippen LogP contribution in [0.4, 0.5) is 0 Å². The van der Waals surface area contributed by atoms with Gasteiger partial charge in [0, 0.05) is 37.3 Å². The van der Waals surface area contributed by atoms with Gasteiger partial charge in [-0.1, -0.05) is 65.3 Å². The third-order valence-electron chi connectivity index (χ3n) is 6.44. The van der Waals surface area contributed by atoms with Crippen molar-refractivity contribution in [2.45, 2.75) is 20.1 Å². The first-order valence-electron chi connectivity index (χ1n) is 12.3. The second kappa shape index (κ2) is 11.3. The number of aromatic nitrogens is 2. The summed E-state index contributed by atoms with van der Waals surface area (Å²) in [6.07, 6.45) is 0. The SMILES string of the molecule is COc1cc(C(=O)N2CCN(Cc3nc(-c4ccc(C)cc4)no3)CC2)ccc1OCc1ccccc1. The fourth-order valence-corrected chi connectivity index (χ4v) is 4.28. The van der Waals surface area contributed by atoms with Crippen LogP contribution in [0.25, 0.3) is 11.4 Å². The molecule has 0 spiro atoms. The van der Waals surface area contributed by atoms with E-state index < -0.39 is 0 Å². The number of ether oxygens (including phenoxy) is 2. The summed E-state index contributed by atoms with van der Waals surface area (Å²) < 4.78 is 16.9. The summed E-state index contributed by atoms with van der Waals surface area (Å²) in [6.45, 7) is 5.72. The number of rotatable bonds is 8. The maximum absolute atomic E-state index is 13.2. The number of hydrogen-bond acceptors (Lipinski definition) is 7. The highest BCUT2D eigenvalue weighted by atomic mass is 16.5. The summed E-state index contributed by atoms with van der Waals surface area (Å²) in [5, 5.41) is 4.12. The maximum atomic E-state index is 13.2. The second-order valence-electron chi connectivity index (χ2n) is 9.09. The molecule has 1 amide bonds. The zero-order valence-corrected chi connectivity index (χ0v) is 21.1. The van der Waals surface area contributed by atoms with Crippen LogP contribution in [0.2, 0.25) is 0 Å². The lowest BCUT2D eigenvalue weighted by atomic mass is 10.1. The van der Waals surface area contributed by atoms with Crippen molar-refractivity contribution in [1.82, 2.24) is 19.9 Å². The second-order valence-corrected chi connectivity index (χ2v) is 9.09. The number of carbonyl (C=O) groups is 1. The molecule has 1 fully saturated rings. The average molecular weight is 499 g/mol. The molecule has 0 unspecified atom stereocenters. The highest BCUT2D eigenvalue weighted by Gasteiger charge is 2.24. The molecule has 5 rings (SSSR count). The van der Waals surface area contributed by atoms with Crippen LogP contribution in [-0.4, -0.2) is 59.1 Å². The predicted octanol–water partition coefficient (Wildman–Crippen LogP) is 4.59. The van der Waals surface area contributed by atoms with Crippen molar-refractivity contribution in [3.05, 3.63) is 95.4 Å². The van der Waals surface area contributed by atoms with Crippen LogP contribution in [-0.2, 0) is 13.2 Å². The molecular weight excluding hydrogens is 468 g/mol. The highest BCUT2D eigenvalue weighted by Crippen LogP contribution is 2.29. The lowest BCUT2D eigenvalue weighted by Gasteiger charge is -2.34. The van der Waals surface area contributed by atoms with Gasteiger partial charge < -0.3 is 18.9 Å². The molecule has 1 aromatic heterocycles. The molecule has 37 heavy (non-hydrogen) atoms. The molecule has 0 radical (unpaired) electrons. The van der Waals surface area contributed by atoms with Gasteiger partial charge in [-0.2, -0.15) is 4.98 Å². The number of amides is 1. The first-order chi connectivity index (χ1) is 18.1. The molecule has 1 aliphatic heterocycles. The quantitative estimate of drug-likeness (QED) is 0.351. The first-order valence-corrected chi connectivity index (χ1v) is 12.3. The van der Waals surface area contributed by atoms with Gasteiger partial charge in [-0.05, 0) is 30.7 Å². The monoisotopic (exact) mass is 498 g/mol. The van der Waals surface area contributed by atoms with Crippen LogP contribution >= 0.6 is 0 Å². The Morgan fingerprint density at radius 2 is 1.70 bits per heavy atom. The van der Waals surface area contributed by atoms with Gasteiger partial charge in [0.2, 0.25) is 11.7 Å². The fourth-order valence-electron chi connectivity index (χ4n) is 4.28. The Morgan fingerprint density at radius 3 is 2.43 bits per heavy atom. The van der Waals surface area contributed by atoms with Gasteiger partial charge in [0.05, 0.1) is 13.7 Å². The van der Waals surface area contributed by atoms with Crippen LogP contribution in [0.3, 0.4) is 0 Å². The molecule has 0 atom stereocenters. The van der Waals surface area contributed by atoms with Gasteiger partial charge in [0.15, 0.2) is 11.5 Å². The van der Waals surface area contributed by atoms with E-state index in [2.05, 4.69) is 15.0 Å². The topological polar surface area (TPSA) is 80.9 Å². The van der Waals surface area contributed by atoms with E-state index in [0.717, 1.165) is 24.2 Å². The summed E-state index contributed by atoms with van der Waals surface area (Å²) in [6, 6.07) is 23.3. The molecule has 8 heteroatoms. The predicted molar refractivity (Wildman–Crippen MR) is 139 cm³/mol. The number of benzene rings is 3. The van der Waals surface area contributed by atoms with Gasteiger partial charge in [-0.3, -0.25) is 9.69 Å². The van der Waals surface area contributed by atoms with E-state index in [1.165, 1.54) is 5.56 Å². The Hall–Kier alpha value is -4.17. The molecular formula is C29H30N4O4. The molecule has 0 N–H and O–H groups in total. The van der Waals surface area contributed by atoms with Gasteiger partial charge in [0.1, 0.15) is 6.61 Å². The van der Waals surface area contributed by atoms with E-state index in [1.807, 2.05) is 66.4 Å². The largest absolute Gasteiger partial charge is 0.493 e. The minimum atomic E-state index is -0.0213. The summed E-state index contributed by atoms with van der Waals surface area (Å²) >= 11 is 0. The van der Waals surface area contributed by atoms with Crippen LogP contribution in [0.5, 0.6) is 11.5 Å². The van der Waals surface area contributed by atoms with E-state index in [0.29, 0.717) is 55.0 Å². The molecule has 1 aliphatic rings. The normalized spacial score (nSPS) is 13.9. The number of methoxy groups -OCH3 is 1. The maximum Gasteiger partial charge on any atom is 0.254 e. The lowest BCUT2D eigenvalue weighted by Crippen LogP contribution is -2.48. The van der Waals surface area contributed by atoms with Crippen molar-refractivity contribution in [3.63, 3.8) is 0 Å². The van der Waals surface area contributed by atoms with Crippen molar-refractivity contribution >= 4 is 5.91 Å². The zero-order valence-electron chi connectivity index (χ0n) is 21.1. The summed E-state index contributed by atoms with van der Waals surface area (Å²) in [5.74, 6) is 2.30. The molecule has 0 aliphatic carbocycles. The molecule has 2 heterocycles. The average Bonchev–Trinajstić information content (AvgIpc) is 3.41. The summed E-state index contributed by atoms with van der Waals surface area (Å²) in [5.41, 5.74) is 3.76. The van der Waals surface area contributed by atoms with E-state index in [4.69, 9.17) is 14.0 Å². The van der Waals surface area contributed by atoms with E-state index >= 15 is 0 Å². The Labute approximate surface area is 216 Å². The molecule has 190 valence electrons. The number of hydrogen-bond donors (Lipinski definition) is 0. The van der Waals surface area contributed by atoms with Gasteiger partial charge in [-0.25, -0.2) is 0 Å². The Morgan fingerprint density at radius 1 is 0.946 bits per heavy atom. The van der Waals surface area contributed by atoms with Gasteiger partial charge in [-0.15, -0.1) is 0 Å². The van der Waals surface area contributed by atoms with E-state index in [9.17, 15) is 4.79 Å². The molecule has 0 bridgehead atoms. The molecule has 1 saturated heterocycles. The first kappa shape index (κ1) is 24.5. The van der Waals surface area contributed by atoms with Crippen LogP contribution in [0.1, 0.15) is 27.4 Å². The standard InChI is InChI=1S/C29H30N4O4/c1-21-8-10-23(11-9-21)28-30-27(37-31-28)19-32-14-16-33(17-15-32)29(34)24-12-13-25(26(18-24)35-2)36-20-22-6-4-3-5-7-22/h3-13,18H,14-17,19-20H2,1-2H3. The van der Waals surface area contributed by atoms with Gasteiger partial charge in [0.25, 0.3) is 5.91 Å². The number of aryl methyl sites for hydroxylation is 1. The summed E-state index contributed by atoms with van der Waals surface area (Å²) in [7, 11) is 1.58. The smallest absolute Gasteiger partial charge is 0.254 e. The molecule has 3 aromatic carbocycles. The van der Waals surface area contributed by atoms with Crippen molar-refractivity contribution in [2.24, 2.45) is 0 Å². The van der Waals surface area contributed by atoms with Crippen molar-refractivity contribution in [2.75, 3.05) is 33.3 Å². The number of carbonyl (C=O) groups excluding carboxylic acids is 1. The number of piperazine rings is 1. The minimum Gasteiger partial charge on any atom is -0.493 e. The van der Waals surface area contributed by atoms with Crippen molar-refractivity contribution < 1.29 is 18.8 Å². The van der Waals surface area contributed by atoms with Crippen LogP contribution < -0.4 is 9.47 Å². The molecule has 8 nitrogen and oxygen atoms in total. The third-order valence-corrected chi connectivity index (χ3v) is 6.44. The van der Waals surface area contributed by atoms with E-state index in [-0.39, 0.29) is 5.91 Å². The number of nitrogens with zero attached hydrogens (tertiary/aromatic N) is 4. The van der Waals surface area contributed by atoms with Crippen LogP contribution in [0, 0.1) is 6.92 Å². The summed E-state index contributed by atoms with van der Waals surface area (Å²) in [4.78, 5) is 21.8. The Balaban J connectivity index is 1.15. The fraction of sp³-hybridized carbons (Fsp3) is 0.276. The minimum absolute atomic E-state index is 0.0213. The zero-order chi connectivity index (χ0) is 25.6. The molecule has 4 aromatic rings. The van der Waals surface area contributed by atoms with Gasteiger partial charge >= 0.3 is 0 Å². The van der Waals surface area contributed by atoms with Crippen LogP contribution in [0.15, 0.2) is 77.3 Å². The highest BCUT2D eigenvalue weighted by molar-refractivity contribution is 5.95.